The van der Waals surface area contributed by atoms with Gasteiger partial charge in [-0.2, -0.15) is 0 Å². The van der Waals surface area contributed by atoms with Crippen molar-refractivity contribution in [1.82, 2.24) is 15.5 Å². The Morgan fingerprint density at radius 1 is 1.20 bits per heavy atom. The van der Waals surface area contributed by atoms with Crippen molar-refractivity contribution < 1.29 is 14.0 Å². The molecule has 0 aliphatic heterocycles. The lowest BCUT2D eigenvalue weighted by Gasteiger charge is -2.16. The summed E-state index contributed by atoms with van der Waals surface area (Å²) in [4.78, 5) is 26.2. The van der Waals surface area contributed by atoms with Gasteiger partial charge in [-0.25, -0.2) is 4.39 Å². The number of thiophene rings is 1. The fraction of sp³-hybridized carbons (Fsp3) is 0.444. The topological polar surface area (TPSA) is 61.4 Å². The zero-order valence-electron chi connectivity index (χ0n) is 14.3. The monoisotopic (exact) mass is 363 g/mol. The predicted octanol–water partition coefficient (Wildman–Crippen LogP) is 2.37. The lowest BCUT2D eigenvalue weighted by molar-refractivity contribution is -0.122. The number of fused-ring (bicyclic) bond motifs is 1. The second-order valence-electron chi connectivity index (χ2n) is 6.74. The third-order valence-electron chi connectivity index (χ3n) is 4.40. The molecule has 3 rings (SSSR count). The zero-order valence-corrected chi connectivity index (χ0v) is 15.2. The minimum atomic E-state index is -0.308. The van der Waals surface area contributed by atoms with Gasteiger partial charge >= 0.3 is 0 Å². The molecule has 2 aromatic rings. The van der Waals surface area contributed by atoms with Crippen LogP contribution in [0.25, 0.3) is 10.1 Å². The van der Waals surface area contributed by atoms with Crippen LogP contribution in [0.2, 0.25) is 0 Å². The normalized spacial score (nSPS) is 20.2. The van der Waals surface area contributed by atoms with Crippen LogP contribution in [-0.2, 0) is 4.79 Å². The summed E-state index contributed by atoms with van der Waals surface area (Å²) in [7, 11) is 3.70. The lowest BCUT2D eigenvalue weighted by atomic mass is 10.1. The first-order valence-electron chi connectivity index (χ1n) is 8.34. The van der Waals surface area contributed by atoms with E-state index in [1.807, 2.05) is 19.0 Å². The van der Waals surface area contributed by atoms with Crippen LogP contribution in [0.3, 0.4) is 0 Å². The minimum absolute atomic E-state index is 0.000746. The molecule has 0 radical (unpaired) electrons. The summed E-state index contributed by atoms with van der Waals surface area (Å²) in [5.74, 6) is -0.490. The van der Waals surface area contributed by atoms with Gasteiger partial charge in [0.05, 0.1) is 12.1 Å². The number of nitrogens with one attached hydrogen (secondary N) is 2. The Labute approximate surface area is 150 Å². The molecule has 0 bridgehead atoms. The quantitative estimate of drug-likeness (QED) is 0.857. The third kappa shape index (κ3) is 4.16. The zero-order chi connectivity index (χ0) is 18.0. The van der Waals surface area contributed by atoms with E-state index in [2.05, 4.69) is 10.6 Å². The van der Waals surface area contributed by atoms with Gasteiger partial charge < -0.3 is 15.5 Å². The Kier molecular flexibility index (Phi) is 5.34. The van der Waals surface area contributed by atoms with Gasteiger partial charge in [0.2, 0.25) is 5.91 Å². The summed E-state index contributed by atoms with van der Waals surface area (Å²) in [6, 6.07) is 4.68. The summed E-state index contributed by atoms with van der Waals surface area (Å²) in [6.07, 6.45) is 2.40. The molecule has 1 aromatic carbocycles. The van der Waals surface area contributed by atoms with Crippen LogP contribution in [0.15, 0.2) is 23.6 Å². The summed E-state index contributed by atoms with van der Waals surface area (Å²) in [5.41, 5.74) is 0.506. The number of hydrogen-bond acceptors (Lipinski definition) is 4. The second kappa shape index (κ2) is 7.49. The molecule has 25 heavy (non-hydrogen) atoms. The predicted molar refractivity (Wildman–Crippen MR) is 97.4 cm³/mol. The number of halogens is 1. The minimum Gasteiger partial charge on any atom is -0.352 e. The van der Waals surface area contributed by atoms with E-state index in [0.29, 0.717) is 22.2 Å². The molecule has 1 aliphatic rings. The average Bonchev–Trinajstić information content (AvgIpc) is 3.16. The van der Waals surface area contributed by atoms with Crippen molar-refractivity contribution in [1.29, 1.82) is 0 Å². The van der Waals surface area contributed by atoms with Crippen LogP contribution in [0.5, 0.6) is 0 Å². The van der Waals surface area contributed by atoms with Gasteiger partial charge in [-0.05, 0) is 56.9 Å². The maximum absolute atomic E-state index is 13.8. The fourth-order valence-corrected chi connectivity index (χ4v) is 4.19. The van der Waals surface area contributed by atoms with E-state index in [1.165, 1.54) is 23.5 Å². The summed E-state index contributed by atoms with van der Waals surface area (Å²) < 4.78 is 14.4. The van der Waals surface area contributed by atoms with Crippen LogP contribution in [0, 0.1) is 5.82 Å². The molecule has 0 saturated heterocycles. The van der Waals surface area contributed by atoms with E-state index in [9.17, 15) is 14.0 Å². The molecule has 2 amide bonds. The molecular weight excluding hydrogens is 341 g/mol. The van der Waals surface area contributed by atoms with Crippen molar-refractivity contribution in [3.63, 3.8) is 0 Å². The molecule has 2 N–H and O–H groups in total. The molecule has 1 aliphatic carbocycles. The largest absolute Gasteiger partial charge is 0.352 e. The first-order chi connectivity index (χ1) is 11.9. The van der Waals surface area contributed by atoms with Gasteiger partial charge in [0, 0.05) is 22.2 Å². The van der Waals surface area contributed by atoms with Crippen LogP contribution >= 0.6 is 11.3 Å². The van der Waals surface area contributed by atoms with Gasteiger partial charge in [0.25, 0.3) is 5.91 Å². The number of hydrogen-bond donors (Lipinski definition) is 2. The summed E-state index contributed by atoms with van der Waals surface area (Å²) in [6.45, 7) is 0.361. The number of nitrogens with zero attached hydrogens (tertiary/aromatic N) is 1. The Bertz CT molecular complexity index is 790. The second-order valence-corrected chi connectivity index (χ2v) is 7.66. The number of rotatable bonds is 5. The van der Waals surface area contributed by atoms with Gasteiger partial charge in [-0.1, -0.05) is 0 Å². The number of carbonyl (C=O) groups is 2. The average molecular weight is 363 g/mol. The van der Waals surface area contributed by atoms with E-state index in [1.54, 1.807) is 11.4 Å². The molecule has 1 aromatic heterocycles. The van der Waals surface area contributed by atoms with E-state index in [4.69, 9.17) is 0 Å². The van der Waals surface area contributed by atoms with Crippen molar-refractivity contribution in [3.8, 4) is 0 Å². The van der Waals surface area contributed by atoms with Gasteiger partial charge in [0.15, 0.2) is 0 Å². The Hall–Kier alpha value is -1.99. The smallest absolute Gasteiger partial charge is 0.252 e. The van der Waals surface area contributed by atoms with Crippen molar-refractivity contribution >= 4 is 33.2 Å². The highest BCUT2D eigenvalue weighted by Crippen LogP contribution is 2.28. The van der Waals surface area contributed by atoms with Crippen LogP contribution < -0.4 is 10.6 Å². The maximum atomic E-state index is 13.8. The Balaban J connectivity index is 1.59. The first-order valence-corrected chi connectivity index (χ1v) is 9.22. The van der Waals surface area contributed by atoms with Crippen LogP contribution in [0.1, 0.15) is 29.6 Å². The van der Waals surface area contributed by atoms with E-state index >= 15 is 0 Å². The summed E-state index contributed by atoms with van der Waals surface area (Å²) >= 11 is 1.37. The lowest BCUT2D eigenvalue weighted by Crippen LogP contribution is -2.40. The fourth-order valence-electron chi connectivity index (χ4n) is 3.27. The van der Waals surface area contributed by atoms with Crippen molar-refractivity contribution in [2.75, 3.05) is 20.6 Å². The standard InChI is InChI=1S/C18H22FN3O2S/c1-22(2)10-16(23)20-11-3-4-12(9-11)21-18(24)14-5-6-15(19)13-7-8-25-17(13)14/h5-8,11-12H,3-4,9-10H2,1-2H3,(H,20,23)(H,21,24)/t11-,12+/m1/s1. The molecule has 0 spiro atoms. The molecule has 5 nitrogen and oxygen atoms in total. The van der Waals surface area contributed by atoms with Crippen molar-refractivity contribution in [2.24, 2.45) is 0 Å². The number of benzene rings is 1. The highest BCUT2D eigenvalue weighted by molar-refractivity contribution is 7.17. The number of likely N-dealkylation sites (N-methyl/N-ethyl adjacent to an activating group) is 1. The van der Waals surface area contributed by atoms with Gasteiger partial charge in [0.1, 0.15) is 5.82 Å². The molecule has 134 valence electrons. The summed E-state index contributed by atoms with van der Waals surface area (Å²) in [5, 5.41) is 8.30. The molecule has 7 heteroatoms. The Morgan fingerprint density at radius 2 is 1.92 bits per heavy atom. The maximum Gasteiger partial charge on any atom is 0.252 e. The molecule has 1 fully saturated rings. The van der Waals surface area contributed by atoms with Gasteiger partial charge in [-0.15, -0.1) is 11.3 Å². The highest BCUT2D eigenvalue weighted by Gasteiger charge is 2.28. The SMILES string of the molecule is CN(C)CC(=O)N[C@@H]1CC[C@H](NC(=O)c2ccc(F)c3ccsc23)C1. The van der Waals surface area contributed by atoms with Crippen LogP contribution in [-0.4, -0.2) is 49.4 Å². The number of amides is 2. The molecule has 0 unspecified atom stereocenters. The highest BCUT2D eigenvalue weighted by atomic mass is 32.1. The van der Waals surface area contributed by atoms with Crippen molar-refractivity contribution in [3.05, 3.63) is 35.0 Å². The van der Waals surface area contributed by atoms with Gasteiger partial charge in [-0.3, -0.25) is 9.59 Å². The van der Waals surface area contributed by atoms with E-state index in [0.717, 1.165) is 19.3 Å². The third-order valence-corrected chi connectivity index (χ3v) is 5.35. The molecule has 1 saturated carbocycles. The van der Waals surface area contributed by atoms with Crippen molar-refractivity contribution in [2.45, 2.75) is 31.3 Å². The molecule has 1 heterocycles. The molecular formula is C18H22FN3O2S. The first kappa shape index (κ1) is 17.8. The number of carbonyl (C=O) groups excluding carboxylic acids is 2. The van der Waals surface area contributed by atoms with Crippen LogP contribution in [0.4, 0.5) is 4.39 Å². The van der Waals surface area contributed by atoms with E-state index in [-0.39, 0.29) is 29.7 Å². The van der Waals surface area contributed by atoms with E-state index < -0.39 is 0 Å². The Morgan fingerprint density at radius 3 is 2.64 bits per heavy atom. The molecule has 2 atom stereocenters.